The van der Waals surface area contributed by atoms with E-state index in [0.29, 0.717) is 13.1 Å². The summed E-state index contributed by atoms with van der Waals surface area (Å²) in [6.07, 6.45) is 2.75. The molecule has 1 N–H and O–H groups in total. The molecule has 1 amide bonds. The fourth-order valence-corrected chi connectivity index (χ4v) is 5.05. The van der Waals surface area contributed by atoms with Crippen molar-refractivity contribution in [2.75, 3.05) is 13.1 Å². The summed E-state index contributed by atoms with van der Waals surface area (Å²) in [7, 11) is -3.63. The molecule has 1 heterocycles. The Balaban J connectivity index is 1.82. The summed E-state index contributed by atoms with van der Waals surface area (Å²) in [6.45, 7) is 4.90. The van der Waals surface area contributed by atoms with Crippen molar-refractivity contribution in [2.24, 2.45) is 0 Å². The van der Waals surface area contributed by atoms with E-state index in [0.717, 1.165) is 30.4 Å². The normalized spacial score (nSPS) is 16.5. The number of carbonyl (C=O) groups excluding carboxylic acids is 1. The summed E-state index contributed by atoms with van der Waals surface area (Å²) in [4.78, 5) is 12.9. The number of sulfonamides is 1. The Labute approximate surface area is 171 Å². The van der Waals surface area contributed by atoms with Crippen molar-refractivity contribution < 1.29 is 13.2 Å². The maximum absolute atomic E-state index is 12.9. The Hall–Kier alpha value is -1.89. The lowest BCUT2D eigenvalue weighted by molar-refractivity contribution is 0.0940. The van der Waals surface area contributed by atoms with E-state index in [1.54, 1.807) is 0 Å². The van der Waals surface area contributed by atoms with Crippen molar-refractivity contribution in [3.63, 3.8) is 0 Å². The second-order valence-corrected chi connectivity index (χ2v) is 9.56. The Kier molecular flexibility index (Phi) is 6.43. The van der Waals surface area contributed by atoms with Gasteiger partial charge in [-0.15, -0.1) is 0 Å². The van der Waals surface area contributed by atoms with E-state index in [-0.39, 0.29) is 21.5 Å². The number of aryl methyl sites for hydroxylation is 1. The Morgan fingerprint density at radius 2 is 1.71 bits per heavy atom. The Morgan fingerprint density at radius 1 is 1.07 bits per heavy atom. The second kappa shape index (κ2) is 8.64. The molecule has 0 aromatic heterocycles. The van der Waals surface area contributed by atoms with Crippen molar-refractivity contribution in [3.8, 4) is 0 Å². The molecule has 0 unspecified atom stereocenters. The van der Waals surface area contributed by atoms with Gasteiger partial charge in [0.2, 0.25) is 10.0 Å². The van der Waals surface area contributed by atoms with E-state index in [1.165, 1.54) is 22.5 Å². The topological polar surface area (TPSA) is 66.5 Å². The average Bonchev–Trinajstić information content (AvgIpc) is 2.69. The third-order valence-corrected chi connectivity index (χ3v) is 7.28. The maximum Gasteiger partial charge on any atom is 0.253 e. The average molecular weight is 421 g/mol. The molecule has 28 heavy (non-hydrogen) atoms. The van der Waals surface area contributed by atoms with Crippen molar-refractivity contribution >= 4 is 27.5 Å². The highest BCUT2D eigenvalue weighted by Crippen LogP contribution is 2.26. The monoisotopic (exact) mass is 420 g/mol. The van der Waals surface area contributed by atoms with Gasteiger partial charge in [0.1, 0.15) is 0 Å². The molecule has 0 saturated carbocycles. The fourth-order valence-electron chi connectivity index (χ4n) is 3.31. The van der Waals surface area contributed by atoms with Crippen LogP contribution in [0.1, 0.15) is 53.7 Å². The highest BCUT2D eigenvalue weighted by molar-refractivity contribution is 7.89. The van der Waals surface area contributed by atoms with Gasteiger partial charge in [-0.1, -0.05) is 47.9 Å². The molecule has 3 rings (SSSR count). The molecule has 0 radical (unpaired) electrons. The van der Waals surface area contributed by atoms with E-state index in [4.69, 9.17) is 11.6 Å². The van der Waals surface area contributed by atoms with E-state index in [1.807, 2.05) is 38.1 Å². The molecule has 150 valence electrons. The van der Waals surface area contributed by atoms with Crippen LogP contribution < -0.4 is 5.32 Å². The fraction of sp³-hybridized carbons (Fsp3) is 0.381. The zero-order valence-corrected chi connectivity index (χ0v) is 17.7. The Bertz CT molecular complexity index is 952. The molecular formula is C21H25ClN2O3S. The highest BCUT2D eigenvalue weighted by atomic mass is 35.5. The number of piperidine rings is 1. The van der Waals surface area contributed by atoms with E-state index in [9.17, 15) is 13.2 Å². The number of hydrogen-bond donors (Lipinski definition) is 1. The van der Waals surface area contributed by atoms with Gasteiger partial charge in [-0.25, -0.2) is 8.42 Å². The van der Waals surface area contributed by atoms with Crippen LogP contribution in [0.2, 0.25) is 5.02 Å². The zero-order valence-electron chi connectivity index (χ0n) is 16.1. The van der Waals surface area contributed by atoms with Gasteiger partial charge in [0.15, 0.2) is 0 Å². The minimum Gasteiger partial charge on any atom is -0.345 e. The smallest absolute Gasteiger partial charge is 0.253 e. The van der Waals surface area contributed by atoms with E-state index < -0.39 is 15.9 Å². The van der Waals surface area contributed by atoms with Crippen LogP contribution in [-0.2, 0) is 10.0 Å². The van der Waals surface area contributed by atoms with E-state index >= 15 is 0 Å². The van der Waals surface area contributed by atoms with Crippen molar-refractivity contribution in [2.45, 2.75) is 44.0 Å². The summed E-state index contributed by atoms with van der Waals surface area (Å²) in [6, 6.07) is 12.0. The number of amides is 1. The van der Waals surface area contributed by atoms with Crippen LogP contribution in [0.15, 0.2) is 47.4 Å². The number of hydrogen-bond acceptors (Lipinski definition) is 3. The van der Waals surface area contributed by atoms with Crippen LogP contribution in [0.3, 0.4) is 0 Å². The lowest BCUT2D eigenvalue weighted by Crippen LogP contribution is -2.35. The molecule has 7 heteroatoms. The lowest BCUT2D eigenvalue weighted by atomic mass is 10.1. The summed E-state index contributed by atoms with van der Waals surface area (Å²) >= 11 is 6.21. The number of benzene rings is 2. The van der Waals surface area contributed by atoms with Crippen LogP contribution in [0, 0.1) is 6.92 Å². The van der Waals surface area contributed by atoms with Gasteiger partial charge in [-0.2, -0.15) is 4.31 Å². The van der Waals surface area contributed by atoms with Crippen molar-refractivity contribution in [1.29, 1.82) is 0 Å². The minimum atomic E-state index is -3.63. The van der Waals surface area contributed by atoms with Gasteiger partial charge >= 0.3 is 0 Å². The van der Waals surface area contributed by atoms with Gasteiger partial charge < -0.3 is 5.32 Å². The predicted octanol–water partition coefficient (Wildman–Crippen LogP) is 4.31. The minimum absolute atomic E-state index is 0.104. The molecule has 2 aromatic carbocycles. The zero-order chi connectivity index (χ0) is 20.3. The third-order valence-electron chi connectivity index (χ3n) is 5.06. The second-order valence-electron chi connectivity index (χ2n) is 7.21. The highest BCUT2D eigenvalue weighted by Gasteiger charge is 2.27. The first-order valence-corrected chi connectivity index (χ1v) is 11.3. The number of carbonyl (C=O) groups is 1. The molecule has 0 spiro atoms. The van der Waals surface area contributed by atoms with Crippen LogP contribution in [0.25, 0.3) is 0 Å². The SMILES string of the molecule is Cc1ccc([C@H](C)NC(=O)c2cc(S(=O)(=O)N3CCCCC3)ccc2Cl)cc1. The first-order valence-electron chi connectivity index (χ1n) is 9.46. The molecular weight excluding hydrogens is 396 g/mol. The molecule has 0 aliphatic carbocycles. The maximum atomic E-state index is 12.9. The van der Waals surface area contributed by atoms with Crippen LogP contribution in [-0.4, -0.2) is 31.7 Å². The van der Waals surface area contributed by atoms with Crippen molar-refractivity contribution in [1.82, 2.24) is 9.62 Å². The molecule has 1 aliphatic heterocycles. The molecule has 1 fully saturated rings. The molecule has 1 saturated heterocycles. The van der Waals surface area contributed by atoms with Crippen LogP contribution in [0.4, 0.5) is 0 Å². The van der Waals surface area contributed by atoms with Crippen LogP contribution in [0.5, 0.6) is 0 Å². The largest absolute Gasteiger partial charge is 0.345 e. The summed E-state index contributed by atoms with van der Waals surface area (Å²) in [5, 5.41) is 3.13. The standard InChI is InChI=1S/C21H25ClN2O3S/c1-15-6-8-17(9-7-15)16(2)23-21(25)19-14-18(10-11-20(19)22)28(26,27)24-12-4-3-5-13-24/h6-11,14,16H,3-5,12-13H2,1-2H3,(H,23,25)/t16-/m0/s1. The molecule has 1 atom stereocenters. The van der Waals surface area contributed by atoms with Crippen molar-refractivity contribution in [3.05, 3.63) is 64.2 Å². The van der Waals surface area contributed by atoms with Gasteiger partial charge in [-0.3, -0.25) is 4.79 Å². The molecule has 2 aromatic rings. The van der Waals surface area contributed by atoms with Crippen LogP contribution >= 0.6 is 11.6 Å². The number of halogens is 1. The Morgan fingerprint density at radius 3 is 2.36 bits per heavy atom. The molecule has 0 bridgehead atoms. The number of nitrogens with zero attached hydrogens (tertiary/aromatic N) is 1. The van der Waals surface area contributed by atoms with Gasteiger partial charge in [0.25, 0.3) is 5.91 Å². The summed E-state index contributed by atoms with van der Waals surface area (Å²) in [5.41, 5.74) is 2.27. The first-order chi connectivity index (χ1) is 13.3. The first kappa shape index (κ1) is 20.8. The van der Waals surface area contributed by atoms with Gasteiger partial charge in [-0.05, 0) is 50.5 Å². The molecule has 5 nitrogen and oxygen atoms in total. The quantitative estimate of drug-likeness (QED) is 0.783. The summed E-state index contributed by atoms with van der Waals surface area (Å²) in [5.74, 6) is -0.395. The van der Waals surface area contributed by atoms with Gasteiger partial charge in [0, 0.05) is 13.1 Å². The third kappa shape index (κ3) is 4.57. The summed E-state index contributed by atoms with van der Waals surface area (Å²) < 4.78 is 27.3. The predicted molar refractivity (Wildman–Crippen MR) is 111 cm³/mol. The molecule has 1 aliphatic rings. The lowest BCUT2D eigenvalue weighted by Gasteiger charge is -2.26. The van der Waals surface area contributed by atoms with Gasteiger partial charge in [0.05, 0.1) is 21.5 Å². The van der Waals surface area contributed by atoms with E-state index in [2.05, 4.69) is 5.32 Å². The number of rotatable bonds is 5. The number of nitrogens with one attached hydrogen (secondary N) is 1.